The normalized spacial score (nSPS) is 12.3. The highest BCUT2D eigenvalue weighted by Crippen LogP contribution is 2.20. The summed E-state index contributed by atoms with van der Waals surface area (Å²) < 4.78 is 0.874. The van der Waals surface area contributed by atoms with Gasteiger partial charge in [0.2, 0.25) is 0 Å². The zero-order valence-corrected chi connectivity index (χ0v) is 12.5. The average molecular weight is 298 g/mol. The Balaban J connectivity index is 2.81. The lowest BCUT2D eigenvalue weighted by atomic mass is 10.1. The quantitative estimate of drug-likeness (QED) is 0.826. The summed E-state index contributed by atoms with van der Waals surface area (Å²) in [6.45, 7) is 7.12. The molecule has 1 aromatic rings. The van der Waals surface area contributed by atoms with Gasteiger partial charge in [-0.2, -0.15) is 0 Å². The molecule has 1 aromatic carbocycles. The van der Waals surface area contributed by atoms with Crippen LogP contribution in [0.3, 0.4) is 0 Å². The summed E-state index contributed by atoms with van der Waals surface area (Å²) >= 11 is 3.45. The molecule has 0 radical (unpaired) electrons. The predicted molar refractivity (Wildman–Crippen MR) is 75.3 cm³/mol. The average Bonchev–Trinajstić information content (AvgIpc) is 2.28. The van der Waals surface area contributed by atoms with E-state index in [-0.39, 0.29) is 5.91 Å². The molecule has 0 spiro atoms. The molecular formula is C14H20BrNO. The van der Waals surface area contributed by atoms with Crippen LogP contribution >= 0.6 is 15.9 Å². The van der Waals surface area contributed by atoms with Crippen LogP contribution in [-0.2, 0) is 0 Å². The molecule has 0 aliphatic carbocycles. The standard InChI is InChI=1S/C14H20BrNO/c1-5-10(2)9-16(4)14(17)12-7-6-11(3)8-13(12)15/h6-8,10H,5,9H2,1-4H3. The summed E-state index contributed by atoms with van der Waals surface area (Å²) in [6.07, 6.45) is 1.09. The Morgan fingerprint density at radius 3 is 2.65 bits per heavy atom. The zero-order chi connectivity index (χ0) is 13.0. The summed E-state index contributed by atoms with van der Waals surface area (Å²) in [7, 11) is 1.86. The molecule has 0 heterocycles. The van der Waals surface area contributed by atoms with Gasteiger partial charge in [-0.05, 0) is 46.5 Å². The predicted octanol–water partition coefficient (Wildman–Crippen LogP) is 3.88. The van der Waals surface area contributed by atoms with E-state index in [4.69, 9.17) is 0 Å². The van der Waals surface area contributed by atoms with Crippen molar-refractivity contribution >= 4 is 21.8 Å². The van der Waals surface area contributed by atoms with Crippen molar-refractivity contribution in [1.29, 1.82) is 0 Å². The van der Waals surface area contributed by atoms with Crippen molar-refractivity contribution in [2.75, 3.05) is 13.6 Å². The zero-order valence-electron chi connectivity index (χ0n) is 11.0. The van der Waals surface area contributed by atoms with Crippen LogP contribution in [0.5, 0.6) is 0 Å². The smallest absolute Gasteiger partial charge is 0.254 e. The fourth-order valence-electron chi connectivity index (χ4n) is 1.68. The van der Waals surface area contributed by atoms with Gasteiger partial charge < -0.3 is 4.90 Å². The van der Waals surface area contributed by atoms with E-state index in [9.17, 15) is 4.79 Å². The van der Waals surface area contributed by atoms with E-state index in [2.05, 4.69) is 29.8 Å². The topological polar surface area (TPSA) is 20.3 Å². The first-order valence-electron chi connectivity index (χ1n) is 5.97. The lowest BCUT2D eigenvalue weighted by Gasteiger charge is -2.21. The third-order valence-electron chi connectivity index (χ3n) is 2.98. The molecule has 2 nitrogen and oxygen atoms in total. The number of hydrogen-bond acceptors (Lipinski definition) is 1. The fourth-order valence-corrected chi connectivity index (χ4v) is 2.34. The number of benzene rings is 1. The molecule has 1 amide bonds. The lowest BCUT2D eigenvalue weighted by Crippen LogP contribution is -2.31. The van der Waals surface area contributed by atoms with Crippen LogP contribution in [0.25, 0.3) is 0 Å². The molecule has 17 heavy (non-hydrogen) atoms. The molecule has 0 bridgehead atoms. The van der Waals surface area contributed by atoms with Crippen molar-refractivity contribution in [3.05, 3.63) is 33.8 Å². The first kappa shape index (κ1) is 14.2. The van der Waals surface area contributed by atoms with Crippen molar-refractivity contribution in [2.45, 2.75) is 27.2 Å². The van der Waals surface area contributed by atoms with Crippen LogP contribution in [0.4, 0.5) is 0 Å². The highest BCUT2D eigenvalue weighted by atomic mass is 79.9. The molecule has 94 valence electrons. The molecule has 0 fully saturated rings. The maximum Gasteiger partial charge on any atom is 0.254 e. The number of carbonyl (C=O) groups excluding carboxylic acids is 1. The van der Waals surface area contributed by atoms with Crippen LogP contribution in [-0.4, -0.2) is 24.4 Å². The molecule has 0 aromatic heterocycles. The van der Waals surface area contributed by atoms with Gasteiger partial charge in [-0.25, -0.2) is 0 Å². The second kappa shape index (κ2) is 6.20. The minimum atomic E-state index is 0.0807. The number of halogens is 1. The summed E-state index contributed by atoms with van der Waals surface area (Å²) in [6, 6.07) is 5.83. The van der Waals surface area contributed by atoms with Crippen molar-refractivity contribution < 1.29 is 4.79 Å². The highest BCUT2D eigenvalue weighted by molar-refractivity contribution is 9.10. The Morgan fingerprint density at radius 1 is 1.47 bits per heavy atom. The molecule has 1 unspecified atom stereocenters. The van der Waals surface area contributed by atoms with Gasteiger partial charge in [0, 0.05) is 18.1 Å². The Kier molecular flexibility index (Phi) is 5.19. The fraction of sp³-hybridized carbons (Fsp3) is 0.500. The number of nitrogens with zero attached hydrogens (tertiary/aromatic N) is 1. The van der Waals surface area contributed by atoms with Gasteiger partial charge in [0.25, 0.3) is 5.91 Å². The molecule has 0 aliphatic heterocycles. The van der Waals surface area contributed by atoms with Crippen molar-refractivity contribution in [2.24, 2.45) is 5.92 Å². The Morgan fingerprint density at radius 2 is 2.12 bits per heavy atom. The number of carbonyl (C=O) groups is 1. The first-order chi connectivity index (χ1) is 7.95. The van der Waals surface area contributed by atoms with E-state index in [0.29, 0.717) is 5.92 Å². The third-order valence-corrected chi connectivity index (χ3v) is 3.64. The lowest BCUT2D eigenvalue weighted by molar-refractivity contribution is 0.0774. The number of aryl methyl sites for hydroxylation is 1. The van der Waals surface area contributed by atoms with E-state index >= 15 is 0 Å². The molecule has 1 atom stereocenters. The van der Waals surface area contributed by atoms with Crippen LogP contribution in [0.15, 0.2) is 22.7 Å². The van der Waals surface area contributed by atoms with Crippen LogP contribution in [0.1, 0.15) is 36.2 Å². The number of hydrogen-bond donors (Lipinski definition) is 0. The molecule has 0 N–H and O–H groups in total. The summed E-state index contributed by atoms with van der Waals surface area (Å²) in [4.78, 5) is 14.0. The van der Waals surface area contributed by atoms with Gasteiger partial charge in [-0.3, -0.25) is 4.79 Å². The van der Waals surface area contributed by atoms with Gasteiger partial charge >= 0.3 is 0 Å². The Bertz CT molecular complexity index is 403. The van der Waals surface area contributed by atoms with Gasteiger partial charge in [-0.1, -0.05) is 26.3 Å². The van der Waals surface area contributed by atoms with E-state index < -0.39 is 0 Å². The summed E-state index contributed by atoms with van der Waals surface area (Å²) in [5.41, 5.74) is 1.89. The molecule has 3 heteroatoms. The number of rotatable bonds is 4. The second-order valence-corrected chi connectivity index (χ2v) is 5.54. The van der Waals surface area contributed by atoms with E-state index in [1.165, 1.54) is 0 Å². The molecular weight excluding hydrogens is 278 g/mol. The van der Waals surface area contributed by atoms with Gasteiger partial charge in [-0.15, -0.1) is 0 Å². The first-order valence-corrected chi connectivity index (χ1v) is 6.76. The minimum Gasteiger partial charge on any atom is -0.341 e. The third kappa shape index (κ3) is 3.84. The number of amides is 1. The molecule has 0 saturated heterocycles. The maximum atomic E-state index is 12.2. The molecule has 0 saturated carbocycles. The monoisotopic (exact) mass is 297 g/mol. The van der Waals surface area contributed by atoms with E-state index in [1.807, 2.05) is 32.2 Å². The van der Waals surface area contributed by atoms with Crippen molar-refractivity contribution in [3.8, 4) is 0 Å². The highest BCUT2D eigenvalue weighted by Gasteiger charge is 2.16. The van der Waals surface area contributed by atoms with Crippen molar-refractivity contribution in [3.63, 3.8) is 0 Å². The molecule has 0 aliphatic rings. The maximum absolute atomic E-state index is 12.2. The summed E-state index contributed by atoms with van der Waals surface area (Å²) in [5, 5.41) is 0. The SMILES string of the molecule is CCC(C)CN(C)C(=O)c1ccc(C)cc1Br. The minimum absolute atomic E-state index is 0.0807. The van der Waals surface area contributed by atoms with E-state index in [1.54, 1.807) is 4.90 Å². The Hall–Kier alpha value is -0.830. The van der Waals surface area contributed by atoms with Crippen LogP contribution < -0.4 is 0 Å². The van der Waals surface area contributed by atoms with Gasteiger partial charge in [0.15, 0.2) is 0 Å². The van der Waals surface area contributed by atoms with Gasteiger partial charge in [0.1, 0.15) is 0 Å². The Labute approximate surface area is 112 Å². The van der Waals surface area contributed by atoms with E-state index in [0.717, 1.165) is 28.6 Å². The summed E-state index contributed by atoms with van der Waals surface area (Å²) in [5.74, 6) is 0.616. The largest absolute Gasteiger partial charge is 0.341 e. The second-order valence-electron chi connectivity index (χ2n) is 4.68. The molecule has 1 rings (SSSR count). The van der Waals surface area contributed by atoms with Crippen LogP contribution in [0.2, 0.25) is 0 Å². The van der Waals surface area contributed by atoms with Gasteiger partial charge in [0.05, 0.1) is 5.56 Å². The van der Waals surface area contributed by atoms with Crippen molar-refractivity contribution in [1.82, 2.24) is 4.90 Å². The van der Waals surface area contributed by atoms with Crippen LogP contribution in [0, 0.1) is 12.8 Å².